The summed E-state index contributed by atoms with van der Waals surface area (Å²) in [4.78, 5) is 11.1. The van der Waals surface area contributed by atoms with E-state index < -0.39 is 0 Å². The Kier molecular flexibility index (Phi) is 4.51. The van der Waals surface area contributed by atoms with Gasteiger partial charge in [-0.25, -0.2) is 9.97 Å². The van der Waals surface area contributed by atoms with Crippen LogP contribution in [-0.2, 0) is 0 Å². The van der Waals surface area contributed by atoms with Crippen molar-refractivity contribution in [3.05, 3.63) is 18.5 Å². The molecule has 1 aliphatic heterocycles. The highest BCUT2D eigenvalue weighted by Crippen LogP contribution is 2.25. The van der Waals surface area contributed by atoms with Crippen LogP contribution < -0.4 is 10.2 Å². The maximum atomic E-state index is 4.38. The minimum absolute atomic E-state index is 0.603. The first-order valence-electron chi connectivity index (χ1n) is 8.09. The number of rotatable bonds is 3. The van der Waals surface area contributed by atoms with Crippen LogP contribution in [0, 0.1) is 5.92 Å². The standard InChI is InChI=1S/C16H26N4/c1-13-5-7-14(8-6-13)19-15-4-2-11-20(12-15)16-17-9-3-10-18-16/h3,9-10,13-15,19H,2,4-8,11-12H2,1H3. The number of hydrogen-bond acceptors (Lipinski definition) is 4. The Hall–Kier alpha value is -1.16. The molecule has 1 aliphatic carbocycles. The molecule has 0 amide bonds. The first kappa shape index (κ1) is 13.8. The monoisotopic (exact) mass is 274 g/mol. The Labute approximate surface area is 122 Å². The van der Waals surface area contributed by atoms with Crippen LogP contribution in [0.2, 0.25) is 0 Å². The zero-order valence-corrected chi connectivity index (χ0v) is 12.5. The highest BCUT2D eigenvalue weighted by Gasteiger charge is 2.25. The fourth-order valence-corrected chi connectivity index (χ4v) is 3.51. The molecule has 1 saturated heterocycles. The molecule has 1 atom stereocenters. The summed E-state index contributed by atoms with van der Waals surface area (Å²) < 4.78 is 0. The van der Waals surface area contributed by atoms with Crippen LogP contribution in [0.1, 0.15) is 45.4 Å². The highest BCUT2D eigenvalue weighted by molar-refractivity contribution is 5.29. The van der Waals surface area contributed by atoms with Gasteiger partial charge in [0.25, 0.3) is 0 Å². The topological polar surface area (TPSA) is 41.0 Å². The van der Waals surface area contributed by atoms with Crippen LogP contribution >= 0.6 is 0 Å². The molecule has 2 aliphatic rings. The van der Waals surface area contributed by atoms with Crippen molar-refractivity contribution >= 4 is 5.95 Å². The maximum Gasteiger partial charge on any atom is 0.225 e. The SMILES string of the molecule is CC1CCC(NC2CCCN(c3ncccn3)C2)CC1. The van der Waals surface area contributed by atoms with E-state index in [-0.39, 0.29) is 0 Å². The highest BCUT2D eigenvalue weighted by atomic mass is 15.3. The minimum Gasteiger partial charge on any atom is -0.339 e. The average molecular weight is 274 g/mol. The number of nitrogens with one attached hydrogen (secondary N) is 1. The molecular weight excluding hydrogens is 248 g/mol. The summed E-state index contributed by atoms with van der Waals surface area (Å²) >= 11 is 0. The molecule has 2 heterocycles. The molecule has 3 rings (SSSR count). The van der Waals surface area contributed by atoms with Crippen molar-refractivity contribution in [3.8, 4) is 0 Å². The van der Waals surface area contributed by atoms with Gasteiger partial charge < -0.3 is 10.2 Å². The van der Waals surface area contributed by atoms with Crippen LogP contribution in [0.15, 0.2) is 18.5 Å². The molecule has 20 heavy (non-hydrogen) atoms. The van der Waals surface area contributed by atoms with Crippen LogP contribution in [0.4, 0.5) is 5.95 Å². The molecule has 0 spiro atoms. The van der Waals surface area contributed by atoms with Crippen molar-refractivity contribution in [2.45, 2.75) is 57.5 Å². The summed E-state index contributed by atoms with van der Waals surface area (Å²) in [7, 11) is 0. The van der Waals surface area contributed by atoms with Crippen LogP contribution in [0.3, 0.4) is 0 Å². The largest absolute Gasteiger partial charge is 0.339 e. The Balaban J connectivity index is 1.53. The molecule has 2 fully saturated rings. The van der Waals surface area contributed by atoms with E-state index in [9.17, 15) is 0 Å². The summed E-state index contributed by atoms with van der Waals surface area (Å²) in [5.41, 5.74) is 0. The summed E-state index contributed by atoms with van der Waals surface area (Å²) in [6.07, 6.45) is 11.7. The molecule has 0 radical (unpaired) electrons. The molecule has 1 unspecified atom stereocenters. The molecule has 110 valence electrons. The van der Waals surface area contributed by atoms with Gasteiger partial charge in [-0.1, -0.05) is 6.92 Å². The van der Waals surface area contributed by atoms with Gasteiger partial charge in [0.1, 0.15) is 0 Å². The molecule has 1 aromatic heterocycles. The fourth-order valence-electron chi connectivity index (χ4n) is 3.51. The van der Waals surface area contributed by atoms with Crippen LogP contribution in [0.5, 0.6) is 0 Å². The first-order valence-corrected chi connectivity index (χ1v) is 8.09. The smallest absolute Gasteiger partial charge is 0.225 e. The summed E-state index contributed by atoms with van der Waals surface area (Å²) in [5, 5.41) is 3.88. The number of nitrogens with zero attached hydrogens (tertiary/aromatic N) is 3. The van der Waals surface area contributed by atoms with Gasteiger partial charge in [-0.15, -0.1) is 0 Å². The van der Waals surface area contributed by atoms with Crippen molar-refractivity contribution in [2.24, 2.45) is 5.92 Å². The Morgan fingerprint density at radius 1 is 1.05 bits per heavy atom. The third kappa shape index (κ3) is 3.48. The van der Waals surface area contributed by atoms with Crippen LogP contribution in [0.25, 0.3) is 0 Å². The Morgan fingerprint density at radius 2 is 1.80 bits per heavy atom. The van der Waals surface area contributed by atoms with Gasteiger partial charge in [0, 0.05) is 37.6 Å². The second-order valence-corrected chi connectivity index (χ2v) is 6.46. The predicted octanol–water partition coefficient (Wildman–Crippen LogP) is 2.61. The molecule has 0 aromatic carbocycles. The second kappa shape index (κ2) is 6.53. The van der Waals surface area contributed by atoms with Gasteiger partial charge >= 0.3 is 0 Å². The van der Waals surface area contributed by atoms with Gasteiger partial charge in [-0.2, -0.15) is 0 Å². The van der Waals surface area contributed by atoms with E-state index in [1.54, 1.807) is 0 Å². The molecule has 1 aromatic rings. The number of hydrogen-bond donors (Lipinski definition) is 1. The van der Waals surface area contributed by atoms with Gasteiger partial charge in [-0.3, -0.25) is 0 Å². The molecule has 1 saturated carbocycles. The zero-order chi connectivity index (χ0) is 13.8. The van der Waals surface area contributed by atoms with Gasteiger partial charge in [0.2, 0.25) is 5.95 Å². The van der Waals surface area contributed by atoms with E-state index in [0.29, 0.717) is 6.04 Å². The zero-order valence-electron chi connectivity index (χ0n) is 12.5. The molecule has 4 nitrogen and oxygen atoms in total. The summed E-state index contributed by atoms with van der Waals surface area (Å²) in [6, 6.07) is 3.21. The third-order valence-electron chi connectivity index (χ3n) is 4.74. The van der Waals surface area contributed by atoms with Gasteiger partial charge in [0.05, 0.1) is 0 Å². The van der Waals surface area contributed by atoms with Gasteiger partial charge in [0.15, 0.2) is 0 Å². The number of anilines is 1. The minimum atomic E-state index is 0.603. The number of aromatic nitrogens is 2. The van der Waals surface area contributed by atoms with Crippen molar-refractivity contribution in [2.75, 3.05) is 18.0 Å². The fraction of sp³-hybridized carbons (Fsp3) is 0.750. The van der Waals surface area contributed by atoms with Crippen molar-refractivity contribution < 1.29 is 0 Å². The van der Waals surface area contributed by atoms with E-state index in [2.05, 4.69) is 27.1 Å². The molecule has 4 heteroatoms. The van der Waals surface area contributed by atoms with E-state index >= 15 is 0 Å². The normalized spacial score (nSPS) is 31.2. The van der Waals surface area contributed by atoms with E-state index in [1.165, 1.54) is 38.5 Å². The quantitative estimate of drug-likeness (QED) is 0.920. The Bertz CT molecular complexity index is 400. The van der Waals surface area contributed by atoms with E-state index in [1.807, 2.05) is 18.5 Å². The average Bonchev–Trinajstić information content (AvgIpc) is 2.51. The summed E-state index contributed by atoms with van der Waals surface area (Å²) in [6.45, 7) is 4.52. The summed E-state index contributed by atoms with van der Waals surface area (Å²) in [5.74, 6) is 1.81. The third-order valence-corrected chi connectivity index (χ3v) is 4.74. The lowest BCUT2D eigenvalue weighted by atomic mass is 9.86. The van der Waals surface area contributed by atoms with Crippen molar-refractivity contribution in [3.63, 3.8) is 0 Å². The molecule has 0 bridgehead atoms. The van der Waals surface area contributed by atoms with Crippen molar-refractivity contribution in [1.29, 1.82) is 0 Å². The first-order chi connectivity index (χ1) is 9.81. The number of piperidine rings is 1. The molecular formula is C16H26N4. The second-order valence-electron chi connectivity index (χ2n) is 6.46. The molecule has 1 N–H and O–H groups in total. The van der Waals surface area contributed by atoms with Crippen molar-refractivity contribution in [1.82, 2.24) is 15.3 Å². The van der Waals surface area contributed by atoms with Gasteiger partial charge in [-0.05, 0) is 50.5 Å². The maximum absolute atomic E-state index is 4.38. The van der Waals surface area contributed by atoms with E-state index in [4.69, 9.17) is 0 Å². The Morgan fingerprint density at radius 3 is 2.55 bits per heavy atom. The lowest BCUT2D eigenvalue weighted by molar-refractivity contribution is 0.273. The lowest BCUT2D eigenvalue weighted by Crippen LogP contribution is -2.50. The lowest BCUT2D eigenvalue weighted by Gasteiger charge is -2.37. The predicted molar refractivity (Wildman–Crippen MR) is 81.8 cm³/mol. The van der Waals surface area contributed by atoms with E-state index in [0.717, 1.165) is 31.0 Å². The van der Waals surface area contributed by atoms with Crippen LogP contribution in [-0.4, -0.2) is 35.1 Å².